The first-order chi connectivity index (χ1) is 11.6. The highest BCUT2D eigenvalue weighted by atomic mass is 16.5. The average Bonchev–Trinajstić information content (AvgIpc) is 2.60. The van der Waals surface area contributed by atoms with Crippen molar-refractivity contribution in [3.05, 3.63) is 27.9 Å². The van der Waals surface area contributed by atoms with E-state index >= 15 is 0 Å². The van der Waals surface area contributed by atoms with E-state index in [0.29, 0.717) is 43.6 Å². The van der Waals surface area contributed by atoms with Crippen LogP contribution in [0, 0.1) is 12.8 Å². The summed E-state index contributed by atoms with van der Waals surface area (Å²) in [6.07, 6.45) is 8.02. The molecule has 1 saturated heterocycles. The first-order valence-electron chi connectivity index (χ1n) is 9.08. The molecule has 1 aromatic rings. The van der Waals surface area contributed by atoms with E-state index in [-0.39, 0.29) is 17.5 Å². The van der Waals surface area contributed by atoms with Gasteiger partial charge in [-0.1, -0.05) is 32.1 Å². The molecule has 0 radical (unpaired) electrons. The van der Waals surface area contributed by atoms with Crippen molar-refractivity contribution < 1.29 is 9.53 Å². The molecule has 1 N–H and O–H groups in total. The lowest BCUT2D eigenvalue weighted by Crippen LogP contribution is -2.44. The van der Waals surface area contributed by atoms with Crippen LogP contribution in [-0.4, -0.2) is 40.5 Å². The van der Waals surface area contributed by atoms with E-state index in [1.807, 2.05) is 4.90 Å². The standard InChI is InChI=1S/C18H27N3O3/c1-13-19-15(11-17(22)20-13)16-12-24-10-9-21(16)18(23)8-7-14-5-3-2-4-6-14/h11,14,16H,2-10,12H2,1H3,(H,19,20,22)/t16-/m0/s1. The third-order valence-corrected chi connectivity index (χ3v) is 5.16. The van der Waals surface area contributed by atoms with E-state index in [1.165, 1.54) is 38.2 Å². The summed E-state index contributed by atoms with van der Waals surface area (Å²) >= 11 is 0. The maximum atomic E-state index is 12.8. The number of hydrogen-bond donors (Lipinski definition) is 1. The highest BCUT2D eigenvalue weighted by molar-refractivity contribution is 5.76. The van der Waals surface area contributed by atoms with Gasteiger partial charge in [0, 0.05) is 19.0 Å². The molecule has 0 aromatic carbocycles. The van der Waals surface area contributed by atoms with Crippen molar-refractivity contribution in [2.24, 2.45) is 5.92 Å². The second-order valence-electron chi connectivity index (χ2n) is 6.98. The number of rotatable bonds is 4. The first kappa shape index (κ1) is 17.1. The van der Waals surface area contributed by atoms with Crippen molar-refractivity contribution in [1.82, 2.24) is 14.9 Å². The van der Waals surface area contributed by atoms with Crippen LogP contribution in [0.5, 0.6) is 0 Å². The lowest BCUT2D eigenvalue weighted by Gasteiger charge is -2.35. The second kappa shape index (κ2) is 7.92. The number of carbonyl (C=O) groups is 1. The zero-order chi connectivity index (χ0) is 16.9. The number of aryl methyl sites for hydroxylation is 1. The van der Waals surface area contributed by atoms with Crippen molar-refractivity contribution in [2.45, 2.75) is 57.9 Å². The molecule has 2 aliphatic rings. The molecule has 0 unspecified atom stereocenters. The Morgan fingerprint density at radius 1 is 1.38 bits per heavy atom. The maximum Gasteiger partial charge on any atom is 0.251 e. The molecule has 0 bridgehead atoms. The Morgan fingerprint density at radius 2 is 2.17 bits per heavy atom. The molecule has 1 amide bonds. The molecule has 3 rings (SSSR count). The summed E-state index contributed by atoms with van der Waals surface area (Å²) in [6.45, 7) is 3.28. The van der Waals surface area contributed by atoms with E-state index in [4.69, 9.17) is 4.74 Å². The minimum Gasteiger partial charge on any atom is -0.377 e. The number of aromatic amines is 1. The number of nitrogens with one attached hydrogen (secondary N) is 1. The minimum absolute atomic E-state index is 0.161. The normalized spacial score (nSPS) is 22.5. The van der Waals surface area contributed by atoms with Gasteiger partial charge in [-0.05, 0) is 19.3 Å². The van der Waals surface area contributed by atoms with E-state index in [9.17, 15) is 9.59 Å². The van der Waals surface area contributed by atoms with E-state index in [1.54, 1.807) is 6.92 Å². The Hall–Kier alpha value is -1.69. The molecule has 2 fully saturated rings. The summed E-state index contributed by atoms with van der Waals surface area (Å²) in [5, 5.41) is 0. The predicted octanol–water partition coefficient (Wildman–Crippen LogP) is 2.34. The third kappa shape index (κ3) is 4.23. The van der Waals surface area contributed by atoms with Crippen molar-refractivity contribution in [1.29, 1.82) is 0 Å². The smallest absolute Gasteiger partial charge is 0.251 e. The molecular formula is C18H27N3O3. The summed E-state index contributed by atoms with van der Waals surface area (Å²) in [5.74, 6) is 1.42. The number of nitrogens with zero attached hydrogens (tertiary/aromatic N) is 2. The van der Waals surface area contributed by atoms with Gasteiger partial charge >= 0.3 is 0 Å². The van der Waals surface area contributed by atoms with Gasteiger partial charge in [-0.2, -0.15) is 0 Å². The number of ether oxygens (including phenoxy) is 1. The van der Waals surface area contributed by atoms with Crippen LogP contribution in [0.2, 0.25) is 0 Å². The van der Waals surface area contributed by atoms with Crippen molar-refractivity contribution in [3.8, 4) is 0 Å². The fraction of sp³-hybridized carbons (Fsp3) is 0.722. The minimum atomic E-state index is -0.251. The van der Waals surface area contributed by atoms with Gasteiger partial charge in [0.25, 0.3) is 5.56 Å². The second-order valence-corrected chi connectivity index (χ2v) is 6.98. The average molecular weight is 333 g/mol. The molecule has 132 valence electrons. The lowest BCUT2D eigenvalue weighted by atomic mass is 9.86. The summed E-state index contributed by atoms with van der Waals surface area (Å²) in [7, 11) is 0. The lowest BCUT2D eigenvalue weighted by molar-refractivity contribution is -0.140. The number of morpholine rings is 1. The summed E-state index contributed by atoms with van der Waals surface area (Å²) in [6, 6.07) is 1.23. The Balaban J connectivity index is 1.66. The zero-order valence-corrected chi connectivity index (χ0v) is 14.4. The number of aromatic nitrogens is 2. The van der Waals surface area contributed by atoms with Gasteiger partial charge in [0.1, 0.15) is 5.82 Å². The van der Waals surface area contributed by atoms with Crippen LogP contribution in [0.15, 0.2) is 10.9 Å². The number of amides is 1. The van der Waals surface area contributed by atoms with Gasteiger partial charge in [-0.3, -0.25) is 9.59 Å². The SMILES string of the molecule is Cc1nc([C@@H]2COCCN2C(=O)CCC2CCCCC2)cc(=O)[nH]1. The largest absolute Gasteiger partial charge is 0.377 e. The molecule has 0 spiro atoms. The first-order valence-corrected chi connectivity index (χ1v) is 9.08. The van der Waals surface area contributed by atoms with Gasteiger partial charge in [-0.25, -0.2) is 4.98 Å². The van der Waals surface area contributed by atoms with Gasteiger partial charge < -0.3 is 14.6 Å². The fourth-order valence-electron chi connectivity index (χ4n) is 3.87. The van der Waals surface area contributed by atoms with E-state index in [2.05, 4.69) is 9.97 Å². The molecule has 1 aliphatic carbocycles. The summed E-state index contributed by atoms with van der Waals surface area (Å²) in [4.78, 5) is 33.4. The van der Waals surface area contributed by atoms with Crippen LogP contribution in [0.4, 0.5) is 0 Å². The molecule has 6 nitrogen and oxygen atoms in total. The summed E-state index contributed by atoms with van der Waals surface area (Å²) < 4.78 is 5.54. The molecule has 24 heavy (non-hydrogen) atoms. The summed E-state index contributed by atoms with van der Waals surface area (Å²) in [5.41, 5.74) is 0.444. The Labute approximate surface area is 142 Å². The van der Waals surface area contributed by atoms with Gasteiger partial charge in [-0.15, -0.1) is 0 Å². The van der Waals surface area contributed by atoms with Gasteiger partial charge in [0.2, 0.25) is 5.91 Å². The molecule has 1 aliphatic heterocycles. The monoisotopic (exact) mass is 333 g/mol. The van der Waals surface area contributed by atoms with Crippen LogP contribution in [0.1, 0.15) is 62.5 Å². The Kier molecular flexibility index (Phi) is 5.66. The van der Waals surface area contributed by atoms with Crippen LogP contribution in [0.3, 0.4) is 0 Å². The van der Waals surface area contributed by atoms with Crippen molar-refractivity contribution >= 4 is 5.91 Å². The number of carbonyl (C=O) groups excluding carboxylic acids is 1. The maximum absolute atomic E-state index is 12.8. The molecular weight excluding hydrogens is 306 g/mol. The highest BCUT2D eigenvalue weighted by Crippen LogP contribution is 2.29. The van der Waals surface area contributed by atoms with Crippen LogP contribution < -0.4 is 5.56 Å². The van der Waals surface area contributed by atoms with E-state index < -0.39 is 0 Å². The van der Waals surface area contributed by atoms with Crippen LogP contribution in [0.25, 0.3) is 0 Å². The number of H-pyrrole nitrogens is 1. The van der Waals surface area contributed by atoms with Crippen molar-refractivity contribution in [2.75, 3.05) is 19.8 Å². The van der Waals surface area contributed by atoms with Crippen molar-refractivity contribution in [3.63, 3.8) is 0 Å². The Bertz CT molecular complexity index is 622. The third-order valence-electron chi connectivity index (χ3n) is 5.16. The van der Waals surface area contributed by atoms with Gasteiger partial charge in [0.05, 0.1) is 24.9 Å². The number of hydrogen-bond acceptors (Lipinski definition) is 4. The quantitative estimate of drug-likeness (QED) is 0.917. The fourth-order valence-corrected chi connectivity index (χ4v) is 3.87. The Morgan fingerprint density at radius 3 is 2.92 bits per heavy atom. The van der Waals surface area contributed by atoms with Crippen LogP contribution >= 0.6 is 0 Å². The molecule has 1 atom stereocenters. The molecule has 6 heteroatoms. The zero-order valence-electron chi connectivity index (χ0n) is 14.4. The topological polar surface area (TPSA) is 75.3 Å². The molecule has 2 heterocycles. The predicted molar refractivity (Wildman–Crippen MR) is 90.7 cm³/mol. The highest BCUT2D eigenvalue weighted by Gasteiger charge is 2.30. The molecule has 1 saturated carbocycles. The molecule has 1 aromatic heterocycles. The van der Waals surface area contributed by atoms with Gasteiger partial charge in [0.15, 0.2) is 0 Å². The van der Waals surface area contributed by atoms with Crippen LogP contribution in [-0.2, 0) is 9.53 Å². The van der Waals surface area contributed by atoms with E-state index in [0.717, 1.165) is 6.42 Å².